The van der Waals surface area contributed by atoms with E-state index in [1.807, 2.05) is 0 Å². The SMILES string of the molecule is CCCCC/C=C/CC/C=C/CC/C=C/C(O)C(COC1OC(CO)C(OC2OC(CO)C(OC3OC(CO)C(O)C(O)C3O)C(O)C2O)C(O)C1O)NC(=O)CCCCCCCCC. The summed E-state index contributed by atoms with van der Waals surface area (Å²) in [6, 6.07) is -0.988. The number of carbonyl (C=O) groups is 1. The van der Waals surface area contributed by atoms with Crippen LogP contribution in [0.2, 0.25) is 0 Å². The van der Waals surface area contributed by atoms with Gasteiger partial charge in [-0.3, -0.25) is 4.79 Å². The Hall–Kier alpha value is -1.99. The van der Waals surface area contributed by atoms with Crippen LogP contribution in [0.3, 0.4) is 0 Å². The van der Waals surface area contributed by atoms with E-state index in [0.717, 1.165) is 57.8 Å². The summed E-state index contributed by atoms with van der Waals surface area (Å²) in [6.07, 6.45) is 0.542. The van der Waals surface area contributed by atoms with Crippen molar-refractivity contribution in [2.45, 2.75) is 221 Å². The molecule has 3 aliphatic heterocycles. The number of nitrogens with one attached hydrogen (secondary N) is 1. The van der Waals surface area contributed by atoms with Crippen molar-refractivity contribution >= 4 is 5.91 Å². The predicted molar refractivity (Wildman–Crippen MR) is 236 cm³/mol. The smallest absolute Gasteiger partial charge is 0.220 e. The Morgan fingerprint density at radius 2 is 0.985 bits per heavy atom. The average Bonchev–Trinajstić information content (AvgIpc) is 3.30. The summed E-state index contributed by atoms with van der Waals surface area (Å²) in [5, 5.41) is 119. The minimum Gasteiger partial charge on any atom is -0.394 e. The summed E-state index contributed by atoms with van der Waals surface area (Å²) in [4.78, 5) is 13.1. The first-order chi connectivity index (χ1) is 31.3. The van der Waals surface area contributed by atoms with Gasteiger partial charge in [-0.25, -0.2) is 0 Å². The van der Waals surface area contributed by atoms with Crippen LogP contribution in [-0.2, 0) is 33.2 Å². The fourth-order valence-corrected chi connectivity index (χ4v) is 7.87. The fraction of sp³-hybridized carbons (Fsp3) is 0.848. The number of hydrogen-bond acceptors (Lipinski definition) is 18. The topological polar surface area (TPSA) is 307 Å². The Kier molecular flexibility index (Phi) is 28.2. The molecule has 0 spiro atoms. The Balaban J connectivity index is 1.61. The largest absolute Gasteiger partial charge is 0.394 e. The summed E-state index contributed by atoms with van der Waals surface area (Å²) in [5.74, 6) is -0.302. The van der Waals surface area contributed by atoms with Crippen molar-refractivity contribution in [1.29, 1.82) is 0 Å². The monoisotopic (exact) mass is 936 g/mol. The van der Waals surface area contributed by atoms with Gasteiger partial charge in [-0.05, 0) is 44.9 Å². The molecular formula is C46H81NO18. The third kappa shape index (κ3) is 18.8. The highest BCUT2D eigenvalue weighted by Crippen LogP contribution is 2.33. The van der Waals surface area contributed by atoms with Gasteiger partial charge in [0.25, 0.3) is 0 Å². The van der Waals surface area contributed by atoms with Crippen LogP contribution in [0.25, 0.3) is 0 Å². The molecule has 17 unspecified atom stereocenters. The molecule has 0 bridgehead atoms. The van der Waals surface area contributed by atoms with Crippen molar-refractivity contribution in [1.82, 2.24) is 5.32 Å². The summed E-state index contributed by atoms with van der Waals surface area (Å²) >= 11 is 0. The molecular weight excluding hydrogens is 854 g/mol. The molecule has 65 heavy (non-hydrogen) atoms. The lowest BCUT2D eigenvalue weighted by Gasteiger charge is -2.48. The number of allylic oxidation sites excluding steroid dienone is 5. The number of rotatable bonds is 31. The van der Waals surface area contributed by atoms with Gasteiger partial charge in [0.15, 0.2) is 18.9 Å². The van der Waals surface area contributed by atoms with Crippen LogP contribution in [0.1, 0.15) is 117 Å². The number of ether oxygens (including phenoxy) is 6. The minimum absolute atomic E-state index is 0.230. The molecule has 17 atom stereocenters. The molecule has 3 fully saturated rings. The van der Waals surface area contributed by atoms with Gasteiger partial charge >= 0.3 is 0 Å². The maximum atomic E-state index is 13.1. The number of aliphatic hydroxyl groups excluding tert-OH is 11. The summed E-state index contributed by atoms with van der Waals surface area (Å²) in [7, 11) is 0. The van der Waals surface area contributed by atoms with Gasteiger partial charge in [-0.15, -0.1) is 0 Å². The quantitative estimate of drug-likeness (QED) is 0.0328. The second-order valence-corrected chi connectivity index (χ2v) is 17.2. The molecule has 0 aromatic carbocycles. The van der Waals surface area contributed by atoms with Crippen molar-refractivity contribution in [2.24, 2.45) is 0 Å². The second kappa shape index (κ2) is 31.9. The first-order valence-corrected chi connectivity index (χ1v) is 23.7. The molecule has 3 heterocycles. The van der Waals surface area contributed by atoms with Crippen LogP contribution in [0.5, 0.6) is 0 Å². The zero-order valence-corrected chi connectivity index (χ0v) is 38.2. The van der Waals surface area contributed by atoms with Crippen molar-refractivity contribution in [3.63, 3.8) is 0 Å². The maximum Gasteiger partial charge on any atom is 0.220 e. The van der Waals surface area contributed by atoms with Crippen LogP contribution >= 0.6 is 0 Å². The molecule has 0 aromatic heterocycles. The molecule has 1 amide bonds. The van der Waals surface area contributed by atoms with Gasteiger partial charge in [0.1, 0.15) is 73.2 Å². The van der Waals surface area contributed by atoms with Crippen LogP contribution < -0.4 is 5.32 Å². The molecule has 378 valence electrons. The molecule has 0 radical (unpaired) electrons. The van der Waals surface area contributed by atoms with E-state index >= 15 is 0 Å². The van der Waals surface area contributed by atoms with Gasteiger partial charge < -0.3 is 89.9 Å². The minimum atomic E-state index is -1.98. The lowest BCUT2D eigenvalue weighted by molar-refractivity contribution is -0.379. The number of aliphatic hydroxyl groups is 11. The van der Waals surface area contributed by atoms with Crippen molar-refractivity contribution in [3.8, 4) is 0 Å². The lowest BCUT2D eigenvalue weighted by atomic mass is 9.96. The number of carbonyl (C=O) groups excluding carboxylic acids is 1. The van der Waals surface area contributed by atoms with E-state index in [1.165, 1.54) is 25.7 Å². The second-order valence-electron chi connectivity index (χ2n) is 17.2. The van der Waals surface area contributed by atoms with E-state index in [-0.39, 0.29) is 18.9 Å². The molecule has 19 nitrogen and oxygen atoms in total. The van der Waals surface area contributed by atoms with E-state index in [2.05, 4.69) is 43.5 Å². The third-order valence-electron chi connectivity index (χ3n) is 11.9. The molecule has 3 saturated heterocycles. The van der Waals surface area contributed by atoms with E-state index in [9.17, 15) is 61.0 Å². The fourth-order valence-electron chi connectivity index (χ4n) is 7.87. The van der Waals surface area contributed by atoms with E-state index in [1.54, 1.807) is 12.2 Å². The standard InChI is InChI=1S/C46H81NO18/c1-3-5-7-9-11-12-13-14-15-16-18-19-21-23-30(51)29(47-34(52)24-22-20-17-10-8-6-4-2)28-60-44-40(58)37(55)42(32(26-49)62-44)65-46-41(59)38(56)43(33(27-50)63-46)64-45-39(57)36(54)35(53)31(25-48)61-45/h11-12,15-16,21,23,29-33,35-46,48-51,53-59H,3-10,13-14,17-20,22,24-28H2,1-2H3,(H,47,52)/b12-11+,16-15+,23-21+. The Bertz CT molecular complexity index is 1350. The van der Waals surface area contributed by atoms with Gasteiger partial charge in [0.05, 0.1) is 38.6 Å². The first-order valence-electron chi connectivity index (χ1n) is 23.7. The van der Waals surface area contributed by atoms with Gasteiger partial charge in [-0.1, -0.05) is 102 Å². The Morgan fingerprint density at radius 3 is 1.54 bits per heavy atom. The average molecular weight is 936 g/mol. The van der Waals surface area contributed by atoms with Crippen LogP contribution in [0.4, 0.5) is 0 Å². The first kappa shape index (κ1) is 57.3. The molecule has 12 N–H and O–H groups in total. The highest BCUT2D eigenvalue weighted by Gasteiger charge is 2.53. The van der Waals surface area contributed by atoms with Crippen molar-refractivity contribution in [3.05, 3.63) is 36.5 Å². The normalized spacial score (nSPS) is 34.4. The van der Waals surface area contributed by atoms with Gasteiger partial charge in [0.2, 0.25) is 5.91 Å². The van der Waals surface area contributed by atoms with Gasteiger partial charge in [0, 0.05) is 6.42 Å². The van der Waals surface area contributed by atoms with Crippen LogP contribution in [0, 0.1) is 0 Å². The van der Waals surface area contributed by atoms with Crippen LogP contribution in [-0.4, -0.2) is 193 Å². The van der Waals surface area contributed by atoms with Crippen molar-refractivity contribution in [2.75, 3.05) is 26.4 Å². The van der Waals surface area contributed by atoms with Crippen LogP contribution in [0.15, 0.2) is 36.5 Å². The predicted octanol–water partition coefficient (Wildman–Crippen LogP) is 0.247. The molecule has 19 heteroatoms. The zero-order valence-electron chi connectivity index (χ0n) is 38.2. The molecule has 0 aliphatic carbocycles. The number of unbranched alkanes of at least 4 members (excludes halogenated alkanes) is 11. The van der Waals surface area contributed by atoms with Gasteiger partial charge in [-0.2, -0.15) is 0 Å². The lowest BCUT2D eigenvalue weighted by Crippen LogP contribution is -2.66. The number of amides is 1. The summed E-state index contributed by atoms with van der Waals surface area (Å²) in [6.45, 7) is 1.54. The Labute approximate surface area is 383 Å². The summed E-state index contributed by atoms with van der Waals surface area (Å²) < 4.78 is 33.9. The summed E-state index contributed by atoms with van der Waals surface area (Å²) in [5.41, 5.74) is 0. The zero-order chi connectivity index (χ0) is 47.7. The van der Waals surface area contributed by atoms with Crippen molar-refractivity contribution < 1.29 is 89.4 Å². The molecule has 0 aromatic rings. The highest BCUT2D eigenvalue weighted by atomic mass is 16.8. The molecule has 3 aliphatic rings. The van der Waals surface area contributed by atoms with E-state index in [4.69, 9.17) is 28.4 Å². The Morgan fingerprint density at radius 1 is 0.538 bits per heavy atom. The third-order valence-corrected chi connectivity index (χ3v) is 11.9. The molecule has 0 saturated carbocycles. The highest BCUT2D eigenvalue weighted by molar-refractivity contribution is 5.76. The molecule has 3 rings (SSSR count). The maximum absolute atomic E-state index is 13.1. The number of hydrogen-bond donors (Lipinski definition) is 12. The van der Waals surface area contributed by atoms with E-state index < -0.39 is 124 Å². The van der Waals surface area contributed by atoms with E-state index in [0.29, 0.717) is 12.8 Å².